The second kappa shape index (κ2) is 9.48. The molecule has 2 heterocycles. The minimum Gasteiger partial charge on any atom is -0.425 e. The molecule has 0 radical (unpaired) electrons. The Bertz CT molecular complexity index is 873. The van der Waals surface area contributed by atoms with Crippen LogP contribution in [0.15, 0.2) is 12.1 Å². The van der Waals surface area contributed by atoms with Gasteiger partial charge in [0, 0.05) is 18.3 Å². The minimum absolute atomic E-state index is 0.0437. The maximum Gasteiger partial charge on any atom is 0.331 e. The van der Waals surface area contributed by atoms with Crippen molar-refractivity contribution in [1.29, 1.82) is 0 Å². The van der Waals surface area contributed by atoms with E-state index in [9.17, 15) is 9.90 Å². The standard InChI is InChI=1S/C22H37BN4O3/c1-9-12-15(4)26(11-3)20(28)17-13-16(10-2)27-19(24-17)14-18(25-27)23-30-22(7,8)21(5,6)29/h13-15,23,29H,9-12H2,1-8H3. The van der Waals surface area contributed by atoms with E-state index in [1.807, 2.05) is 44.7 Å². The molecule has 2 aromatic rings. The van der Waals surface area contributed by atoms with E-state index in [0.717, 1.165) is 25.0 Å². The van der Waals surface area contributed by atoms with Gasteiger partial charge in [-0.05, 0) is 66.5 Å². The zero-order chi connectivity index (χ0) is 22.7. The van der Waals surface area contributed by atoms with Gasteiger partial charge >= 0.3 is 7.48 Å². The van der Waals surface area contributed by atoms with Crippen LogP contribution in [-0.2, 0) is 11.1 Å². The van der Waals surface area contributed by atoms with Gasteiger partial charge in [-0.15, -0.1) is 0 Å². The summed E-state index contributed by atoms with van der Waals surface area (Å²) in [6, 6.07) is 3.87. The summed E-state index contributed by atoms with van der Waals surface area (Å²) in [4.78, 5) is 19.7. The Morgan fingerprint density at radius 3 is 2.47 bits per heavy atom. The summed E-state index contributed by atoms with van der Waals surface area (Å²) >= 11 is 0. The number of aryl methyl sites for hydroxylation is 1. The van der Waals surface area contributed by atoms with Crippen LogP contribution in [0.25, 0.3) is 5.65 Å². The second-order valence-electron chi connectivity index (χ2n) is 8.98. The lowest BCUT2D eigenvalue weighted by Crippen LogP contribution is -2.49. The molecule has 0 saturated carbocycles. The Morgan fingerprint density at radius 2 is 1.93 bits per heavy atom. The maximum absolute atomic E-state index is 13.2. The van der Waals surface area contributed by atoms with Crippen LogP contribution < -0.4 is 5.59 Å². The first-order valence-corrected chi connectivity index (χ1v) is 11.0. The first kappa shape index (κ1) is 24.3. The minimum atomic E-state index is -0.989. The second-order valence-corrected chi connectivity index (χ2v) is 8.98. The number of fused-ring (bicyclic) bond motifs is 1. The molecule has 0 aliphatic rings. The lowest BCUT2D eigenvalue weighted by molar-refractivity contribution is -0.0893. The molecule has 0 spiro atoms. The molecule has 0 saturated heterocycles. The van der Waals surface area contributed by atoms with Gasteiger partial charge in [0.25, 0.3) is 5.91 Å². The van der Waals surface area contributed by atoms with Crippen LogP contribution in [0.3, 0.4) is 0 Å². The summed E-state index contributed by atoms with van der Waals surface area (Å²) in [5.41, 5.74) is 1.01. The number of hydrogen-bond acceptors (Lipinski definition) is 5. The van der Waals surface area contributed by atoms with Crippen LogP contribution in [0.2, 0.25) is 0 Å². The largest absolute Gasteiger partial charge is 0.425 e. The molecule has 166 valence electrons. The van der Waals surface area contributed by atoms with E-state index in [2.05, 4.69) is 23.9 Å². The molecule has 0 aliphatic carbocycles. The third kappa shape index (κ3) is 5.21. The lowest BCUT2D eigenvalue weighted by atomic mass is 9.85. The molecule has 8 heteroatoms. The van der Waals surface area contributed by atoms with Crippen LogP contribution in [0.1, 0.15) is 84.4 Å². The van der Waals surface area contributed by atoms with Crippen molar-refractivity contribution in [3.63, 3.8) is 0 Å². The van der Waals surface area contributed by atoms with Gasteiger partial charge in [-0.2, -0.15) is 5.10 Å². The van der Waals surface area contributed by atoms with Gasteiger partial charge in [-0.1, -0.05) is 20.3 Å². The number of rotatable bonds is 10. The van der Waals surface area contributed by atoms with Gasteiger partial charge in [0.2, 0.25) is 0 Å². The lowest BCUT2D eigenvalue weighted by Gasteiger charge is -2.37. The molecular formula is C22H37BN4O3. The van der Waals surface area contributed by atoms with Crippen molar-refractivity contribution in [3.05, 3.63) is 23.5 Å². The zero-order valence-electron chi connectivity index (χ0n) is 19.8. The molecule has 1 N–H and O–H groups in total. The van der Waals surface area contributed by atoms with Crippen molar-refractivity contribution < 1.29 is 14.6 Å². The molecule has 2 rings (SSSR count). The van der Waals surface area contributed by atoms with Gasteiger partial charge < -0.3 is 14.7 Å². The number of aromatic nitrogens is 3. The van der Waals surface area contributed by atoms with E-state index in [1.54, 1.807) is 18.4 Å². The zero-order valence-corrected chi connectivity index (χ0v) is 19.8. The Morgan fingerprint density at radius 1 is 1.27 bits per heavy atom. The molecule has 7 nitrogen and oxygen atoms in total. The van der Waals surface area contributed by atoms with E-state index in [1.165, 1.54) is 0 Å². The monoisotopic (exact) mass is 416 g/mol. The molecule has 30 heavy (non-hydrogen) atoms. The Hall–Kier alpha value is -1.93. The fourth-order valence-electron chi connectivity index (χ4n) is 3.32. The SMILES string of the molecule is CCCC(C)N(CC)C(=O)c1cc(CC)n2nc(BOC(C)(C)C(C)(C)O)cc2n1. The average Bonchev–Trinajstić information content (AvgIpc) is 3.08. The molecule has 1 unspecified atom stereocenters. The number of carbonyl (C=O) groups is 1. The van der Waals surface area contributed by atoms with Gasteiger partial charge in [-0.3, -0.25) is 4.79 Å². The number of aliphatic hydroxyl groups is 1. The van der Waals surface area contributed by atoms with Gasteiger partial charge in [0.05, 0.1) is 16.8 Å². The van der Waals surface area contributed by atoms with Crippen molar-refractivity contribution in [2.45, 2.75) is 91.9 Å². The molecule has 0 aliphatic heterocycles. The van der Waals surface area contributed by atoms with Crippen molar-refractivity contribution in [1.82, 2.24) is 19.5 Å². The highest BCUT2D eigenvalue weighted by Gasteiger charge is 2.36. The number of amides is 1. The summed E-state index contributed by atoms with van der Waals surface area (Å²) in [5.74, 6) is -0.0437. The highest BCUT2D eigenvalue weighted by atomic mass is 16.5. The van der Waals surface area contributed by atoms with Gasteiger partial charge in [0.15, 0.2) is 5.65 Å². The smallest absolute Gasteiger partial charge is 0.331 e. The summed E-state index contributed by atoms with van der Waals surface area (Å²) in [5, 5.41) is 14.9. The maximum atomic E-state index is 13.2. The normalized spacial score (nSPS) is 13.5. The number of hydrogen-bond donors (Lipinski definition) is 1. The Balaban J connectivity index is 2.34. The molecule has 0 bridgehead atoms. The predicted molar refractivity (Wildman–Crippen MR) is 122 cm³/mol. The quantitative estimate of drug-likeness (QED) is 0.602. The van der Waals surface area contributed by atoms with E-state index in [4.69, 9.17) is 4.65 Å². The number of carbonyl (C=O) groups excluding carboxylic acids is 1. The molecule has 0 fully saturated rings. The van der Waals surface area contributed by atoms with Gasteiger partial charge in [-0.25, -0.2) is 9.50 Å². The number of nitrogens with zero attached hydrogens (tertiary/aromatic N) is 4. The first-order chi connectivity index (χ1) is 13.9. The molecular weight excluding hydrogens is 379 g/mol. The van der Waals surface area contributed by atoms with E-state index in [-0.39, 0.29) is 19.4 Å². The molecule has 1 amide bonds. The van der Waals surface area contributed by atoms with Crippen molar-refractivity contribution in [2.24, 2.45) is 0 Å². The highest BCUT2D eigenvalue weighted by molar-refractivity contribution is 6.46. The van der Waals surface area contributed by atoms with Crippen molar-refractivity contribution >= 4 is 24.6 Å². The third-order valence-electron chi connectivity index (χ3n) is 6.03. The fourth-order valence-corrected chi connectivity index (χ4v) is 3.32. The summed E-state index contributed by atoms with van der Waals surface area (Å²) in [6.45, 7) is 16.1. The highest BCUT2D eigenvalue weighted by Crippen LogP contribution is 2.24. The van der Waals surface area contributed by atoms with Crippen LogP contribution in [0.5, 0.6) is 0 Å². The molecule has 2 aromatic heterocycles. The van der Waals surface area contributed by atoms with Crippen molar-refractivity contribution in [3.8, 4) is 0 Å². The van der Waals surface area contributed by atoms with Crippen LogP contribution in [0, 0.1) is 0 Å². The third-order valence-corrected chi connectivity index (χ3v) is 6.03. The van der Waals surface area contributed by atoms with Crippen LogP contribution >= 0.6 is 0 Å². The summed E-state index contributed by atoms with van der Waals surface area (Å²) in [6.07, 6.45) is 2.73. The van der Waals surface area contributed by atoms with Crippen LogP contribution in [0.4, 0.5) is 0 Å². The summed E-state index contributed by atoms with van der Waals surface area (Å²) in [7, 11) is 0.251. The fraction of sp³-hybridized carbons (Fsp3) is 0.682. The summed E-state index contributed by atoms with van der Waals surface area (Å²) < 4.78 is 7.72. The van der Waals surface area contributed by atoms with E-state index < -0.39 is 11.2 Å². The average molecular weight is 416 g/mol. The Kier molecular flexibility index (Phi) is 7.69. The van der Waals surface area contributed by atoms with E-state index >= 15 is 0 Å². The van der Waals surface area contributed by atoms with Gasteiger partial charge in [0.1, 0.15) is 5.69 Å². The van der Waals surface area contributed by atoms with Crippen LogP contribution in [-0.4, -0.2) is 61.8 Å². The molecule has 1 atom stereocenters. The molecule has 0 aromatic carbocycles. The topological polar surface area (TPSA) is 80.0 Å². The van der Waals surface area contributed by atoms with E-state index in [0.29, 0.717) is 23.5 Å². The Labute approximate surface area is 181 Å². The van der Waals surface area contributed by atoms with Crippen molar-refractivity contribution in [2.75, 3.05) is 6.54 Å². The first-order valence-electron chi connectivity index (χ1n) is 11.0. The predicted octanol–water partition coefficient (Wildman–Crippen LogP) is 2.49.